The maximum Gasteiger partial charge on any atom is 0.332 e. The van der Waals surface area contributed by atoms with Crippen LogP contribution in [0.4, 0.5) is 0 Å². The minimum absolute atomic E-state index is 0.00133. The van der Waals surface area contributed by atoms with Gasteiger partial charge in [-0.15, -0.1) is 5.10 Å². The Labute approximate surface area is 158 Å². The molecule has 2 aliphatic rings. The van der Waals surface area contributed by atoms with Crippen LogP contribution in [0.15, 0.2) is 22.1 Å². The molecule has 3 aromatic heterocycles. The molecule has 1 saturated carbocycles. The van der Waals surface area contributed by atoms with Crippen LogP contribution in [-0.2, 0) is 25.4 Å². The third-order valence-electron chi connectivity index (χ3n) is 5.64. The number of fused-ring (bicyclic) bond motifs is 1. The van der Waals surface area contributed by atoms with Gasteiger partial charge in [0, 0.05) is 39.3 Å². The van der Waals surface area contributed by atoms with Crippen LogP contribution in [0.3, 0.4) is 0 Å². The molecule has 1 aliphatic carbocycles. The smallest absolute Gasteiger partial charge is 0.332 e. The Kier molecular flexibility index (Phi) is 3.55. The summed E-state index contributed by atoms with van der Waals surface area (Å²) in [5.41, 5.74) is 0.660. The van der Waals surface area contributed by atoms with Crippen LogP contribution in [-0.4, -0.2) is 57.6 Å². The Bertz CT molecular complexity index is 1210. The third kappa shape index (κ3) is 2.49. The van der Waals surface area contributed by atoms with Gasteiger partial charge in [0.1, 0.15) is 6.54 Å². The first-order valence-corrected chi connectivity index (χ1v) is 9.24. The van der Waals surface area contributed by atoms with E-state index in [4.69, 9.17) is 0 Å². The number of hydrogen-bond donors (Lipinski definition) is 0. The normalized spacial score (nSPS) is 17.3. The van der Waals surface area contributed by atoms with Crippen LogP contribution in [0.25, 0.3) is 11.2 Å². The van der Waals surface area contributed by atoms with E-state index in [-0.39, 0.29) is 29.7 Å². The molecule has 0 bridgehead atoms. The molecule has 1 saturated heterocycles. The predicted molar refractivity (Wildman–Crippen MR) is 97.8 cm³/mol. The minimum atomic E-state index is -0.458. The van der Waals surface area contributed by atoms with Gasteiger partial charge in [-0.05, 0) is 12.8 Å². The Balaban J connectivity index is 1.31. The van der Waals surface area contributed by atoms with Crippen molar-refractivity contribution in [1.82, 2.24) is 38.6 Å². The first-order chi connectivity index (χ1) is 13.4. The van der Waals surface area contributed by atoms with E-state index in [1.165, 1.54) is 35.4 Å². The number of amides is 1. The molecular formula is C17H20N8O3. The van der Waals surface area contributed by atoms with Crippen LogP contribution in [0.5, 0.6) is 0 Å². The molecule has 1 aliphatic heterocycles. The van der Waals surface area contributed by atoms with Crippen LogP contribution in [0.1, 0.15) is 30.5 Å². The Morgan fingerprint density at radius 2 is 1.93 bits per heavy atom. The van der Waals surface area contributed by atoms with Gasteiger partial charge >= 0.3 is 5.69 Å². The quantitative estimate of drug-likeness (QED) is 0.569. The van der Waals surface area contributed by atoms with Crippen molar-refractivity contribution in [3.8, 4) is 0 Å². The summed E-state index contributed by atoms with van der Waals surface area (Å²) in [7, 11) is 2.97. The van der Waals surface area contributed by atoms with Crippen molar-refractivity contribution in [2.24, 2.45) is 14.1 Å². The van der Waals surface area contributed by atoms with Gasteiger partial charge in [-0.3, -0.25) is 18.7 Å². The van der Waals surface area contributed by atoms with E-state index in [9.17, 15) is 14.4 Å². The molecule has 2 fully saturated rings. The second-order valence-electron chi connectivity index (χ2n) is 7.60. The number of imidazole rings is 1. The first kappa shape index (κ1) is 16.9. The lowest BCUT2D eigenvalue weighted by molar-refractivity contribution is -0.137. The Morgan fingerprint density at radius 3 is 2.64 bits per heavy atom. The molecule has 3 aromatic rings. The van der Waals surface area contributed by atoms with E-state index < -0.39 is 11.2 Å². The van der Waals surface area contributed by atoms with Gasteiger partial charge in [-0.2, -0.15) is 0 Å². The molecule has 11 nitrogen and oxygen atoms in total. The number of aromatic nitrogens is 7. The molecule has 11 heteroatoms. The van der Waals surface area contributed by atoms with E-state index in [0.29, 0.717) is 19.0 Å². The third-order valence-corrected chi connectivity index (χ3v) is 5.64. The van der Waals surface area contributed by atoms with Gasteiger partial charge in [-0.25, -0.2) is 14.5 Å². The van der Waals surface area contributed by atoms with Gasteiger partial charge in [0.05, 0.1) is 18.1 Å². The van der Waals surface area contributed by atoms with Crippen LogP contribution in [0, 0.1) is 0 Å². The van der Waals surface area contributed by atoms with Crippen molar-refractivity contribution in [1.29, 1.82) is 0 Å². The summed E-state index contributed by atoms with van der Waals surface area (Å²) in [4.78, 5) is 43.0. The number of carbonyl (C=O) groups excluding carboxylic acids is 1. The number of rotatable bonds is 4. The average Bonchev–Trinajstić information content (AvgIpc) is 3.23. The zero-order chi connectivity index (χ0) is 19.6. The molecule has 0 atom stereocenters. The second kappa shape index (κ2) is 5.88. The highest BCUT2D eigenvalue weighted by Gasteiger charge is 2.34. The zero-order valence-corrected chi connectivity index (χ0v) is 15.6. The van der Waals surface area contributed by atoms with Crippen LogP contribution < -0.4 is 11.2 Å². The summed E-state index contributed by atoms with van der Waals surface area (Å²) in [6, 6.07) is 0.136. The molecule has 0 aromatic carbocycles. The summed E-state index contributed by atoms with van der Waals surface area (Å²) in [5.74, 6) is 0.452. The second-order valence-corrected chi connectivity index (χ2v) is 7.60. The fraction of sp³-hybridized carbons (Fsp3) is 0.529. The molecule has 0 radical (unpaired) electrons. The summed E-state index contributed by atoms with van der Waals surface area (Å²) in [5, 5.41) is 8.40. The van der Waals surface area contributed by atoms with Crippen molar-refractivity contribution in [3.63, 3.8) is 0 Å². The van der Waals surface area contributed by atoms with Crippen LogP contribution >= 0.6 is 0 Å². The molecule has 28 heavy (non-hydrogen) atoms. The lowest BCUT2D eigenvalue weighted by Crippen LogP contribution is -2.52. The lowest BCUT2D eigenvalue weighted by atomic mass is 10.1. The van der Waals surface area contributed by atoms with E-state index in [0.717, 1.165) is 10.3 Å². The molecular weight excluding hydrogens is 364 g/mol. The maximum absolute atomic E-state index is 12.6. The maximum atomic E-state index is 12.6. The van der Waals surface area contributed by atoms with Crippen molar-refractivity contribution in [2.45, 2.75) is 31.3 Å². The van der Waals surface area contributed by atoms with Crippen molar-refractivity contribution >= 4 is 17.1 Å². The van der Waals surface area contributed by atoms with E-state index >= 15 is 0 Å². The molecule has 4 heterocycles. The standard InChI is InChI=1S/C17H20N8O3/c1-21-15-14(16(27)22(2)17(21)28)24(9-18-15)8-13(26)23-5-11(6-23)25-7-12(19-20-25)10-3-4-10/h7,9-11H,3-6,8H2,1-2H3. The number of nitrogens with zero attached hydrogens (tertiary/aromatic N) is 8. The number of carbonyl (C=O) groups is 1. The number of likely N-dealkylation sites (tertiary alicyclic amines) is 1. The summed E-state index contributed by atoms with van der Waals surface area (Å²) in [6.45, 7) is 1.13. The van der Waals surface area contributed by atoms with E-state index in [1.54, 1.807) is 11.9 Å². The summed E-state index contributed by atoms with van der Waals surface area (Å²) < 4.78 is 5.68. The summed E-state index contributed by atoms with van der Waals surface area (Å²) in [6.07, 6.45) is 5.77. The monoisotopic (exact) mass is 384 g/mol. The topological polar surface area (TPSA) is 113 Å². The largest absolute Gasteiger partial charge is 0.337 e. The van der Waals surface area contributed by atoms with Gasteiger partial charge in [0.25, 0.3) is 5.56 Å². The Hall–Kier alpha value is -3.24. The van der Waals surface area contributed by atoms with Crippen molar-refractivity contribution < 1.29 is 4.79 Å². The van der Waals surface area contributed by atoms with E-state index in [2.05, 4.69) is 15.3 Å². The lowest BCUT2D eigenvalue weighted by Gasteiger charge is -2.38. The first-order valence-electron chi connectivity index (χ1n) is 9.24. The average molecular weight is 384 g/mol. The Morgan fingerprint density at radius 1 is 1.18 bits per heavy atom. The highest BCUT2D eigenvalue weighted by molar-refractivity contribution is 5.79. The van der Waals surface area contributed by atoms with Gasteiger partial charge in [-0.1, -0.05) is 5.21 Å². The van der Waals surface area contributed by atoms with E-state index in [1.807, 2.05) is 10.9 Å². The highest BCUT2D eigenvalue weighted by atomic mass is 16.2. The fourth-order valence-corrected chi connectivity index (χ4v) is 3.62. The molecule has 1 amide bonds. The molecule has 0 N–H and O–H groups in total. The van der Waals surface area contributed by atoms with Gasteiger partial charge in [0.15, 0.2) is 11.2 Å². The minimum Gasteiger partial charge on any atom is -0.337 e. The molecule has 5 rings (SSSR count). The summed E-state index contributed by atoms with van der Waals surface area (Å²) >= 11 is 0. The predicted octanol–water partition coefficient (Wildman–Crippen LogP) is -1.01. The molecule has 146 valence electrons. The molecule has 0 unspecified atom stereocenters. The van der Waals surface area contributed by atoms with Gasteiger partial charge < -0.3 is 9.47 Å². The highest BCUT2D eigenvalue weighted by Crippen LogP contribution is 2.39. The van der Waals surface area contributed by atoms with Crippen molar-refractivity contribution in [3.05, 3.63) is 39.1 Å². The van der Waals surface area contributed by atoms with Crippen LogP contribution in [0.2, 0.25) is 0 Å². The van der Waals surface area contributed by atoms with Gasteiger partial charge in [0.2, 0.25) is 5.91 Å². The SMILES string of the molecule is Cn1c(=O)c2c(ncn2CC(=O)N2CC(n3cc(C4CC4)nn3)C2)n(C)c1=O. The zero-order valence-electron chi connectivity index (χ0n) is 15.6. The fourth-order valence-electron chi connectivity index (χ4n) is 3.62. The number of aryl methyl sites for hydroxylation is 1. The number of hydrogen-bond acceptors (Lipinski definition) is 6. The molecule has 0 spiro atoms. The van der Waals surface area contributed by atoms with Crippen molar-refractivity contribution in [2.75, 3.05) is 13.1 Å².